The van der Waals surface area contributed by atoms with E-state index in [0.29, 0.717) is 6.04 Å². The van der Waals surface area contributed by atoms with Crippen LogP contribution in [0.5, 0.6) is 0 Å². The molecule has 1 atom stereocenters. The van der Waals surface area contributed by atoms with Crippen LogP contribution in [0, 0.1) is 0 Å². The number of likely N-dealkylation sites (tertiary alicyclic amines) is 1. The molecule has 1 saturated carbocycles. The van der Waals surface area contributed by atoms with Gasteiger partial charge in [0.15, 0.2) is 0 Å². The first-order valence-electron chi connectivity index (χ1n) is 8.44. The monoisotopic (exact) mass is 320 g/mol. The maximum Gasteiger partial charge on any atom is 0.214 e. The highest BCUT2D eigenvalue weighted by atomic mass is 32.2. The van der Waals surface area contributed by atoms with Crippen molar-refractivity contribution in [3.8, 4) is 0 Å². The van der Waals surface area contributed by atoms with Crippen LogP contribution in [0.4, 0.5) is 0 Å². The van der Waals surface area contributed by atoms with Gasteiger partial charge in [-0.15, -0.1) is 0 Å². The maximum atomic E-state index is 12.1. The number of rotatable bonds is 4. The third kappa shape index (κ3) is 2.94. The minimum absolute atomic E-state index is 0.100. The van der Waals surface area contributed by atoms with E-state index < -0.39 is 10.0 Å². The zero-order valence-electron chi connectivity index (χ0n) is 12.9. The summed E-state index contributed by atoms with van der Waals surface area (Å²) in [7, 11) is -3.06. The van der Waals surface area contributed by atoms with Crippen LogP contribution in [0.15, 0.2) is 24.3 Å². The fourth-order valence-electron chi connectivity index (χ4n) is 3.93. The molecule has 4 rings (SSSR count). The fourth-order valence-corrected chi connectivity index (χ4v) is 5.54. The molecular weight excluding hydrogens is 296 g/mol. The van der Waals surface area contributed by atoms with E-state index in [-0.39, 0.29) is 11.3 Å². The quantitative estimate of drug-likeness (QED) is 0.919. The largest absolute Gasteiger partial charge is 0.298 e. The second kappa shape index (κ2) is 5.62. The van der Waals surface area contributed by atoms with E-state index in [2.05, 4.69) is 33.9 Å². The van der Waals surface area contributed by atoms with Crippen LogP contribution in [0.2, 0.25) is 0 Å². The summed E-state index contributed by atoms with van der Waals surface area (Å²) < 4.78 is 27.2. The van der Waals surface area contributed by atoms with Crippen LogP contribution in [0.1, 0.15) is 36.8 Å². The molecule has 1 aliphatic heterocycles. The molecule has 0 radical (unpaired) electrons. The van der Waals surface area contributed by atoms with Crippen molar-refractivity contribution in [2.24, 2.45) is 0 Å². The molecule has 1 heterocycles. The van der Waals surface area contributed by atoms with Crippen LogP contribution >= 0.6 is 0 Å². The van der Waals surface area contributed by atoms with Gasteiger partial charge in [-0.25, -0.2) is 13.1 Å². The normalized spacial score (nSPS) is 27.0. The second-order valence-corrected chi connectivity index (χ2v) is 9.02. The molecule has 2 fully saturated rings. The molecule has 0 unspecified atom stereocenters. The summed E-state index contributed by atoms with van der Waals surface area (Å²) in [6.45, 7) is 1.96. The van der Waals surface area contributed by atoms with Gasteiger partial charge in [0.25, 0.3) is 0 Å². The lowest BCUT2D eigenvalue weighted by molar-refractivity contribution is 0.148. The molecule has 1 N–H and O–H groups in total. The highest BCUT2D eigenvalue weighted by molar-refractivity contribution is 7.90. The van der Waals surface area contributed by atoms with Gasteiger partial charge in [0.2, 0.25) is 10.0 Å². The van der Waals surface area contributed by atoms with Gasteiger partial charge in [-0.2, -0.15) is 0 Å². The molecule has 4 nitrogen and oxygen atoms in total. The molecule has 0 aromatic heterocycles. The average molecular weight is 320 g/mol. The van der Waals surface area contributed by atoms with Crippen LogP contribution in [-0.2, 0) is 22.9 Å². The first-order chi connectivity index (χ1) is 10.6. The summed E-state index contributed by atoms with van der Waals surface area (Å²) in [5.74, 6) is 0. The van der Waals surface area contributed by atoms with Gasteiger partial charge < -0.3 is 0 Å². The van der Waals surface area contributed by atoms with Crippen LogP contribution in [-0.4, -0.2) is 43.7 Å². The van der Waals surface area contributed by atoms with E-state index >= 15 is 0 Å². The highest BCUT2D eigenvalue weighted by Crippen LogP contribution is 2.30. The van der Waals surface area contributed by atoms with Crippen molar-refractivity contribution in [2.45, 2.75) is 55.9 Å². The Morgan fingerprint density at radius 2 is 1.73 bits per heavy atom. The summed E-state index contributed by atoms with van der Waals surface area (Å²) in [6, 6.07) is 9.33. The fraction of sp³-hybridized carbons (Fsp3) is 0.647. The Morgan fingerprint density at radius 1 is 1.05 bits per heavy atom. The van der Waals surface area contributed by atoms with Crippen LogP contribution in [0.25, 0.3) is 0 Å². The molecule has 1 saturated heterocycles. The Morgan fingerprint density at radius 3 is 2.36 bits per heavy atom. The molecule has 1 aromatic rings. The topological polar surface area (TPSA) is 49.4 Å². The standard InChI is InChI=1S/C17H24N2O2S/c20-22(21,17-7-8-17)18-15-6-3-9-19(12-15)16-10-13-4-1-2-5-14(13)11-16/h1-2,4-5,15-18H,3,6-12H2/t15-/m1/s1. The van der Waals surface area contributed by atoms with Gasteiger partial charge in [0.05, 0.1) is 5.25 Å². The van der Waals surface area contributed by atoms with E-state index in [1.807, 2.05) is 0 Å². The average Bonchev–Trinajstić information content (AvgIpc) is 3.27. The molecule has 0 bridgehead atoms. The van der Waals surface area contributed by atoms with Crippen molar-refractivity contribution in [2.75, 3.05) is 13.1 Å². The number of hydrogen-bond acceptors (Lipinski definition) is 3. The minimum Gasteiger partial charge on any atom is -0.298 e. The van der Waals surface area contributed by atoms with E-state index in [0.717, 1.165) is 51.6 Å². The van der Waals surface area contributed by atoms with E-state index in [9.17, 15) is 8.42 Å². The van der Waals surface area contributed by atoms with Crippen molar-refractivity contribution in [1.82, 2.24) is 9.62 Å². The summed E-state index contributed by atoms with van der Waals surface area (Å²) in [4.78, 5) is 2.50. The van der Waals surface area contributed by atoms with Gasteiger partial charge in [-0.3, -0.25) is 4.90 Å². The Bertz CT molecular complexity index is 629. The molecule has 22 heavy (non-hydrogen) atoms. The molecule has 0 spiro atoms. The van der Waals surface area contributed by atoms with Crippen LogP contribution < -0.4 is 4.72 Å². The summed E-state index contributed by atoms with van der Waals surface area (Å²) in [6.07, 6.45) is 5.96. The molecule has 3 aliphatic rings. The third-order valence-corrected chi connectivity index (χ3v) is 7.30. The highest BCUT2D eigenvalue weighted by Gasteiger charge is 2.38. The SMILES string of the molecule is O=S(=O)(N[C@@H]1CCCN(C2Cc3ccccc3C2)C1)C1CC1. The lowest BCUT2D eigenvalue weighted by atomic mass is 10.0. The van der Waals surface area contributed by atoms with E-state index in [4.69, 9.17) is 0 Å². The predicted molar refractivity (Wildman–Crippen MR) is 87.3 cm³/mol. The molecule has 120 valence electrons. The summed E-state index contributed by atoms with van der Waals surface area (Å²) in [5.41, 5.74) is 2.93. The van der Waals surface area contributed by atoms with Crippen molar-refractivity contribution in [1.29, 1.82) is 0 Å². The minimum atomic E-state index is -3.06. The lowest BCUT2D eigenvalue weighted by Crippen LogP contribution is -2.51. The summed E-state index contributed by atoms with van der Waals surface area (Å²) in [5, 5.41) is -0.112. The lowest BCUT2D eigenvalue weighted by Gasteiger charge is -2.37. The van der Waals surface area contributed by atoms with Gasteiger partial charge in [-0.1, -0.05) is 24.3 Å². The number of hydrogen-bond donors (Lipinski definition) is 1. The Hall–Kier alpha value is -0.910. The zero-order valence-corrected chi connectivity index (χ0v) is 13.7. The molecular formula is C17H24N2O2S. The van der Waals surface area contributed by atoms with Gasteiger partial charge in [0.1, 0.15) is 0 Å². The van der Waals surface area contributed by atoms with E-state index in [1.165, 1.54) is 11.1 Å². The Labute approximate surface area is 132 Å². The summed E-state index contributed by atoms with van der Waals surface area (Å²) >= 11 is 0. The van der Waals surface area contributed by atoms with Crippen molar-refractivity contribution in [3.63, 3.8) is 0 Å². The molecule has 1 aromatic carbocycles. The number of nitrogens with one attached hydrogen (secondary N) is 1. The predicted octanol–water partition coefficient (Wildman–Crippen LogP) is 1.70. The first kappa shape index (κ1) is 14.7. The Balaban J connectivity index is 1.40. The molecule has 0 amide bonds. The second-order valence-electron chi connectivity index (χ2n) is 7.03. The number of benzene rings is 1. The Kier molecular flexibility index (Phi) is 3.75. The molecule has 5 heteroatoms. The van der Waals surface area contributed by atoms with E-state index in [1.54, 1.807) is 0 Å². The van der Waals surface area contributed by atoms with Crippen molar-refractivity contribution >= 4 is 10.0 Å². The van der Waals surface area contributed by atoms with Gasteiger partial charge in [0, 0.05) is 18.6 Å². The number of fused-ring (bicyclic) bond motifs is 1. The first-order valence-corrected chi connectivity index (χ1v) is 9.98. The maximum absolute atomic E-state index is 12.1. The van der Waals surface area contributed by atoms with Crippen LogP contribution in [0.3, 0.4) is 0 Å². The van der Waals surface area contributed by atoms with Gasteiger partial charge >= 0.3 is 0 Å². The zero-order chi connectivity index (χ0) is 15.2. The molecule has 2 aliphatic carbocycles. The van der Waals surface area contributed by atoms with Gasteiger partial charge in [-0.05, 0) is 56.2 Å². The van der Waals surface area contributed by atoms with Crippen molar-refractivity contribution in [3.05, 3.63) is 35.4 Å². The number of piperidine rings is 1. The smallest absolute Gasteiger partial charge is 0.214 e. The number of sulfonamides is 1. The third-order valence-electron chi connectivity index (χ3n) is 5.29. The van der Waals surface area contributed by atoms with Crippen molar-refractivity contribution < 1.29 is 8.42 Å². The number of nitrogens with zero attached hydrogens (tertiary/aromatic N) is 1.